The summed E-state index contributed by atoms with van der Waals surface area (Å²) in [6.07, 6.45) is 0. The van der Waals surface area contributed by atoms with E-state index in [4.69, 9.17) is 9.47 Å². The van der Waals surface area contributed by atoms with Gasteiger partial charge in [0, 0.05) is 10.5 Å². The molecule has 0 fully saturated rings. The minimum absolute atomic E-state index is 0.0133. The Morgan fingerprint density at radius 2 is 1.92 bits per heavy atom. The van der Waals surface area contributed by atoms with E-state index in [0.717, 1.165) is 22.0 Å². The summed E-state index contributed by atoms with van der Waals surface area (Å²) in [6, 6.07) is 13.5. The molecule has 2 rings (SSSR count). The highest BCUT2D eigenvalue weighted by molar-refractivity contribution is 8.00. The highest BCUT2D eigenvalue weighted by Gasteiger charge is 2.15. The predicted molar refractivity (Wildman–Crippen MR) is 98.0 cm³/mol. The zero-order valence-corrected chi connectivity index (χ0v) is 15.3. The average Bonchev–Trinajstić information content (AvgIpc) is 2.60. The molecule has 24 heavy (non-hydrogen) atoms. The van der Waals surface area contributed by atoms with Gasteiger partial charge in [-0.05, 0) is 43.7 Å². The molecule has 0 spiro atoms. The van der Waals surface area contributed by atoms with E-state index in [9.17, 15) is 4.79 Å². The fourth-order valence-corrected chi connectivity index (χ4v) is 3.24. The molecular formula is C19H23NO3S. The molecule has 128 valence electrons. The lowest BCUT2D eigenvalue weighted by Crippen LogP contribution is -2.28. The minimum atomic E-state index is -0.167. The Kier molecular flexibility index (Phi) is 6.55. The van der Waals surface area contributed by atoms with Crippen LogP contribution in [0.25, 0.3) is 0 Å². The second kappa shape index (κ2) is 8.64. The number of methoxy groups -OCH3 is 2. The summed E-state index contributed by atoms with van der Waals surface area (Å²) in [7, 11) is 3.24. The fourth-order valence-electron chi connectivity index (χ4n) is 2.40. The second-order valence-corrected chi connectivity index (χ2v) is 6.47. The van der Waals surface area contributed by atoms with E-state index < -0.39 is 0 Å². The molecule has 2 aromatic rings. The number of ether oxygens (including phenoxy) is 2. The van der Waals surface area contributed by atoms with Crippen molar-refractivity contribution in [2.75, 3.05) is 20.0 Å². The van der Waals surface area contributed by atoms with E-state index in [-0.39, 0.29) is 11.9 Å². The van der Waals surface area contributed by atoms with Gasteiger partial charge in [-0.2, -0.15) is 0 Å². The van der Waals surface area contributed by atoms with Crippen LogP contribution in [0.4, 0.5) is 0 Å². The molecule has 0 bridgehead atoms. The lowest BCUT2D eigenvalue weighted by Gasteiger charge is -2.18. The van der Waals surface area contributed by atoms with Crippen LogP contribution in [0.5, 0.6) is 11.5 Å². The van der Waals surface area contributed by atoms with Crippen molar-refractivity contribution in [3.63, 3.8) is 0 Å². The molecule has 0 radical (unpaired) electrons. The van der Waals surface area contributed by atoms with Gasteiger partial charge in [-0.15, -0.1) is 11.8 Å². The first-order valence-electron chi connectivity index (χ1n) is 7.75. The molecule has 1 N–H and O–H groups in total. The maximum atomic E-state index is 12.3. The summed E-state index contributed by atoms with van der Waals surface area (Å²) in [5.74, 6) is 1.83. The van der Waals surface area contributed by atoms with E-state index in [0.29, 0.717) is 5.75 Å². The quantitative estimate of drug-likeness (QED) is 0.771. The van der Waals surface area contributed by atoms with Crippen molar-refractivity contribution in [3.8, 4) is 11.5 Å². The van der Waals surface area contributed by atoms with Crippen LogP contribution >= 0.6 is 11.8 Å². The lowest BCUT2D eigenvalue weighted by atomic mass is 10.1. The van der Waals surface area contributed by atoms with E-state index in [1.54, 1.807) is 26.0 Å². The highest BCUT2D eigenvalue weighted by Crippen LogP contribution is 2.29. The maximum absolute atomic E-state index is 12.3. The topological polar surface area (TPSA) is 47.6 Å². The van der Waals surface area contributed by atoms with E-state index in [1.165, 1.54) is 5.56 Å². The molecule has 0 aliphatic carbocycles. The van der Waals surface area contributed by atoms with Crippen molar-refractivity contribution in [2.24, 2.45) is 0 Å². The summed E-state index contributed by atoms with van der Waals surface area (Å²) in [5.41, 5.74) is 2.07. The van der Waals surface area contributed by atoms with Crippen LogP contribution in [-0.4, -0.2) is 25.9 Å². The summed E-state index contributed by atoms with van der Waals surface area (Å²) in [6.45, 7) is 3.98. The number of benzene rings is 2. The van der Waals surface area contributed by atoms with Crippen molar-refractivity contribution in [1.29, 1.82) is 0 Å². The van der Waals surface area contributed by atoms with E-state index in [2.05, 4.69) is 5.32 Å². The van der Waals surface area contributed by atoms with Crippen LogP contribution in [0, 0.1) is 6.92 Å². The molecule has 0 heterocycles. The first kappa shape index (κ1) is 18.2. The Labute approximate surface area is 147 Å². The molecule has 0 saturated heterocycles. The summed E-state index contributed by atoms with van der Waals surface area (Å²) < 4.78 is 10.6. The normalized spacial score (nSPS) is 11.7. The Hall–Kier alpha value is -2.14. The number of hydrogen-bond acceptors (Lipinski definition) is 4. The van der Waals surface area contributed by atoms with Crippen molar-refractivity contribution in [2.45, 2.75) is 24.8 Å². The van der Waals surface area contributed by atoms with Gasteiger partial charge in [0.15, 0.2) is 0 Å². The largest absolute Gasteiger partial charge is 0.497 e. The monoisotopic (exact) mass is 345 g/mol. The number of hydrogen-bond donors (Lipinski definition) is 1. The molecule has 1 atom stereocenters. The zero-order valence-electron chi connectivity index (χ0n) is 14.5. The van der Waals surface area contributed by atoms with Crippen LogP contribution in [0.15, 0.2) is 47.4 Å². The van der Waals surface area contributed by atoms with Crippen molar-refractivity contribution in [1.82, 2.24) is 5.32 Å². The van der Waals surface area contributed by atoms with Crippen LogP contribution in [0.3, 0.4) is 0 Å². The highest BCUT2D eigenvalue weighted by atomic mass is 32.2. The van der Waals surface area contributed by atoms with Gasteiger partial charge in [0.1, 0.15) is 11.5 Å². The second-order valence-electron chi connectivity index (χ2n) is 5.45. The number of nitrogens with one attached hydrogen (secondary N) is 1. The molecule has 0 aliphatic heterocycles. The predicted octanol–water partition coefficient (Wildman–Crippen LogP) is 3.98. The molecule has 1 amide bonds. The summed E-state index contributed by atoms with van der Waals surface area (Å²) >= 11 is 1.54. The summed E-state index contributed by atoms with van der Waals surface area (Å²) in [5, 5.41) is 3.02. The van der Waals surface area contributed by atoms with Gasteiger partial charge in [0.05, 0.1) is 26.0 Å². The van der Waals surface area contributed by atoms with Crippen molar-refractivity contribution < 1.29 is 14.3 Å². The van der Waals surface area contributed by atoms with Gasteiger partial charge in [0.2, 0.25) is 5.91 Å². The standard InChI is InChI=1S/C19H23NO3S/c1-13-7-5-6-8-18(13)24-12-19(21)20-14(2)16-11-15(22-3)9-10-17(16)23-4/h5-11,14H,12H2,1-4H3,(H,20,21). The molecule has 1 unspecified atom stereocenters. The van der Waals surface area contributed by atoms with Crippen LogP contribution in [-0.2, 0) is 4.79 Å². The third-order valence-corrected chi connectivity index (χ3v) is 4.91. The number of carbonyl (C=O) groups excluding carboxylic acids is 1. The van der Waals surface area contributed by atoms with Gasteiger partial charge in [-0.25, -0.2) is 0 Å². The third kappa shape index (κ3) is 4.68. The Balaban J connectivity index is 2.00. The number of thioether (sulfide) groups is 1. The zero-order chi connectivity index (χ0) is 17.5. The Morgan fingerprint density at radius 3 is 2.58 bits per heavy atom. The van der Waals surface area contributed by atoms with Gasteiger partial charge >= 0.3 is 0 Å². The Bertz CT molecular complexity index is 703. The smallest absolute Gasteiger partial charge is 0.230 e. The maximum Gasteiger partial charge on any atom is 0.230 e. The SMILES string of the molecule is COc1ccc(OC)c(C(C)NC(=O)CSc2ccccc2C)c1. The average molecular weight is 345 g/mol. The number of carbonyl (C=O) groups is 1. The van der Waals surface area contributed by atoms with Crippen molar-refractivity contribution >= 4 is 17.7 Å². The molecular weight excluding hydrogens is 322 g/mol. The van der Waals surface area contributed by atoms with E-state index in [1.807, 2.05) is 56.3 Å². The molecule has 2 aromatic carbocycles. The molecule has 5 heteroatoms. The summed E-state index contributed by atoms with van der Waals surface area (Å²) in [4.78, 5) is 13.4. The van der Waals surface area contributed by atoms with Gasteiger partial charge in [-0.1, -0.05) is 18.2 Å². The molecule has 0 saturated carbocycles. The molecule has 0 aliphatic rings. The van der Waals surface area contributed by atoms with Crippen LogP contribution in [0.1, 0.15) is 24.1 Å². The molecule has 4 nitrogen and oxygen atoms in total. The number of amides is 1. The minimum Gasteiger partial charge on any atom is -0.497 e. The van der Waals surface area contributed by atoms with Gasteiger partial charge in [0.25, 0.3) is 0 Å². The van der Waals surface area contributed by atoms with Gasteiger partial charge in [-0.3, -0.25) is 4.79 Å². The van der Waals surface area contributed by atoms with Crippen LogP contribution in [0.2, 0.25) is 0 Å². The Morgan fingerprint density at radius 1 is 1.17 bits per heavy atom. The third-order valence-electron chi connectivity index (χ3n) is 3.73. The van der Waals surface area contributed by atoms with Gasteiger partial charge < -0.3 is 14.8 Å². The number of aryl methyl sites for hydroxylation is 1. The van der Waals surface area contributed by atoms with Crippen molar-refractivity contribution in [3.05, 3.63) is 53.6 Å². The molecule has 0 aromatic heterocycles. The fraction of sp³-hybridized carbons (Fsp3) is 0.316. The lowest BCUT2D eigenvalue weighted by molar-refractivity contribution is -0.119. The van der Waals surface area contributed by atoms with E-state index >= 15 is 0 Å². The first-order chi connectivity index (χ1) is 11.5. The number of rotatable bonds is 7. The van der Waals surface area contributed by atoms with Crippen LogP contribution < -0.4 is 14.8 Å². The first-order valence-corrected chi connectivity index (χ1v) is 8.73.